The molecule has 0 unspecified atom stereocenters. The van der Waals surface area contributed by atoms with Gasteiger partial charge in [0.1, 0.15) is 0 Å². The van der Waals surface area contributed by atoms with Crippen molar-refractivity contribution in [2.45, 2.75) is 25.3 Å². The van der Waals surface area contributed by atoms with E-state index in [0.29, 0.717) is 24.0 Å². The molecule has 1 heterocycles. The van der Waals surface area contributed by atoms with Crippen LogP contribution in [0.1, 0.15) is 30.0 Å². The van der Waals surface area contributed by atoms with Gasteiger partial charge in [0.2, 0.25) is 5.91 Å². The fourth-order valence-electron chi connectivity index (χ4n) is 2.34. The lowest BCUT2D eigenvalue weighted by molar-refractivity contribution is -0.116. The molecule has 1 saturated carbocycles. The number of amides is 1. The third-order valence-electron chi connectivity index (χ3n) is 3.83. The summed E-state index contributed by atoms with van der Waals surface area (Å²) in [6.45, 7) is 0.692. The van der Waals surface area contributed by atoms with Crippen molar-refractivity contribution in [2.24, 2.45) is 0 Å². The van der Waals surface area contributed by atoms with Crippen LogP contribution in [0.25, 0.3) is 6.08 Å². The molecule has 1 N–H and O–H groups in total. The number of benzene rings is 1. The van der Waals surface area contributed by atoms with Crippen molar-refractivity contribution < 1.29 is 4.79 Å². The summed E-state index contributed by atoms with van der Waals surface area (Å²) in [7, 11) is 0. The number of hydrogen-bond acceptors (Lipinski definition) is 3. The molecule has 2 aromatic rings. The van der Waals surface area contributed by atoms with Crippen LogP contribution in [-0.2, 0) is 11.3 Å². The minimum Gasteiger partial charge on any atom is -0.351 e. The Morgan fingerprint density at radius 1 is 1.29 bits per heavy atom. The fraction of sp³-hybridized carbons (Fsp3) is 0.278. The smallest absolute Gasteiger partial charge is 0.266 e. The fourth-order valence-corrected chi connectivity index (χ4v) is 2.54. The van der Waals surface area contributed by atoms with Crippen molar-refractivity contribution in [3.05, 3.63) is 69.1 Å². The van der Waals surface area contributed by atoms with Crippen molar-refractivity contribution in [1.82, 2.24) is 15.1 Å². The highest BCUT2D eigenvalue weighted by Crippen LogP contribution is 2.38. The van der Waals surface area contributed by atoms with Crippen molar-refractivity contribution in [1.29, 1.82) is 0 Å². The van der Waals surface area contributed by atoms with E-state index in [9.17, 15) is 9.59 Å². The molecule has 0 atom stereocenters. The summed E-state index contributed by atoms with van der Waals surface area (Å²) in [5, 5.41) is 7.69. The second-order valence-corrected chi connectivity index (χ2v) is 6.15. The van der Waals surface area contributed by atoms with Crippen LogP contribution < -0.4 is 10.9 Å². The van der Waals surface area contributed by atoms with Gasteiger partial charge in [0.05, 0.1) is 12.2 Å². The number of aromatic nitrogens is 2. The Morgan fingerprint density at radius 3 is 2.83 bits per heavy atom. The zero-order valence-corrected chi connectivity index (χ0v) is 13.9. The van der Waals surface area contributed by atoms with Crippen molar-refractivity contribution in [2.75, 3.05) is 6.54 Å². The molecule has 1 aromatic heterocycles. The van der Waals surface area contributed by atoms with E-state index in [2.05, 4.69) is 10.4 Å². The van der Waals surface area contributed by atoms with Crippen LogP contribution in [-0.4, -0.2) is 22.2 Å². The Kier molecular flexibility index (Phi) is 5.11. The summed E-state index contributed by atoms with van der Waals surface area (Å²) in [6.07, 6.45) is 5.36. The molecule has 0 bridgehead atoms. The SMILES string of the molecule is O=C(/C=C/c1ccccc1Cl)NCCn1nc(C2CC2)ccc1=O. The Balaban J connectivity index is 1.53. The first-order valence-electron chi connectivity index (χ1n) is 7.92. The largest absolute Gasteiger partial charge is 0.351 e. The van der Waals surface area contributed by atoms with Crippen LogP contribution in [0, 0.1) is 0 Å². The first-order chi connectivity index (χ1) is 11.6. The second-order valence-electron chi connectivity index (χ2n) is 5.74. The molecule has 1 aliphatic rings. The van der Waals surface area contributed by atoms with Gasteiger partial charge in [-0.1, -0.05) is 29.8 Å². The third kappa shape index (κ3) is 4.32. The van der Waals surface area contributed by atoms with Crippen LogP contribution in [0.2, 0.25) is 5.02 Å². The van der Waals surface area contributed by atoms with Gasteiger partial charge in [-0.05, 0) is 36.6 Å². The summed E-state index contributed by atoms with van der Waals surface area (Å²) in [5.41, 5.74) is 1.59. The Hall–Kier alpha value is -2.40. The maximum absolute atomic E-state index is 11.8. The highest BCUT2D eigenvalue weighted by Gasteiger charge is 2.25. The predicted molar refractivity (Wildman–Crippen MR) is 94.0 cm³/mol. The molecule has 1 aromatic carbocycles. The number of rotatable bonds is 6. The normalized spacial score (nSPS) is 14.0. The zero-order valence-electron chi connectivity index (χ0n) is 13.1. The molecule has 124 valence electrons. The zero-order chi connectivity index (χ0) is 16.9. The predicted octanol–water partition coefficient (Wildman–Crippen LogP) is 2.60. The Morgan fingerprint density at radius 2 is 2.08 bits per heavy atom. The van der Waals surface area contributed by atoms with Crippen molar-refractivity contribution >= 4 is 23.6 Å². The number of halogens is 1. The van der Waals surface area contributed by atoms with Gasteiger partial charge in [0.25, 0.3) is 5.56 Å². The van der Waals surface area contributed by atoms with E-state index in [1.807, 2.05) is 18.2 Å². The van der Waals surface area contributed by atoms with Gasteiger partial charge in [-0.3, -0.25) is 9.59 Å². The van der Waals surface area contributed by atoms with Gasteiger partial charge >= 0.3 is 0 Å². The van der Waals surface area contributed by atoms with Gasteiger partial charge < -0.3 is 5.32 Å². The van der Waals surface area contributed by atoms with Crippen LogP contribution in [0.3, 0.4) is 0 Å². The van der Waals surface area contributed by atoms with E-state index < -0.39 is 0 Å². The van der Waals surface area contributed by atoms with E-state index >= 15 is 0 Å². The molecule has 1 aliphatic carbocycles. The average molecular weight is 344 g/mol. The quantitative estimate of drug-likeness (QED) is 0.820. The maximum Gasteiger partial charge on any atom is 0.266 e. The number of carbonyl (C=O) groups is 1. The van der Waals surface area contributed by atoms with Gasteiger partial charge in [-0.2, -0.15) is 5.10 Å². The lowest BCUT2D eigenvalue weighted by Crippen LogP contribution is -2.31. The molecule has 3 rings (SSSR count). The molecule has 6 heteroatoms. The maximum atomic E-state index is 11.8. The van der Waals surface area contributed by atoms with Crippen molar-refractivity contribution in [3.63, 3.8) is 0 Å². The minimum atomic E-state index is -0.235. The molecule has 1 amide bonds. The Labute approximate surface area is 145 Å². The number of hydrogen-bond donors (Lipinski definition) is 1. The minimum absolute atomic E-state index is 0.153. The molecule has 0 saturated heterocycles. The van der Waals surface area contributed by atoms with Crippen molar-refractivity contribution in [3.8, 4) is 0 Å². The summed E-state index contributed by atoms with van der Waals surface area (Å²) in [5.74, 6) is 0.256. The van der Waals surface area contributed by atoms with E-state index in [0.717, 1.165) is 24.1 Å². The van der Waals surface area contributed by atoms with Gasteiger partial charge in [-0.25, -0.2) is 4.68 Å². The second kappa shape index (κ2) is 7.45. The summed E-state index contributed by atoms with van der Waals surface area (Å²) in [6, 6.07) is 10.6. The highest BCUT2D eigenvalue weighted by atomic mass is 35.5. The Bertz CT molecular complexity index is 825. The van der Waals surface area contributed by atoms with E-state index in [4.69, 9.17) is 11.6 Å². The van der Waals surface area contributed by atoms with Crippen LogP contribution in [0.4, 0.5) is 0 Å². The summed E-state index contributed by atoms with van der Waals surface area (Å²) >= 11 is 6.03. The lowest BCUT2D eigenvalue weighted by atomic mass is 10.2. The number of nitrogens with zero attached hydrogens (tertiary/aromatic N) is 2. The molecule has 0 radical (unpaired) electrons. The molecular weight excluding hydrogens is 326 g/mol. The van der Waals surface area contributed by atoms with Crippen LogP contribution in [0.5, 0.6) is 0 Å². The standard InChI is InChI=1S/C18H18ClN3O2/c19-15-4-2-1-3-13(15)7-9-17(23)20-11-12-22-18(24)10-8-16(21-22)14-5-6-14/h1-4,7-10,14H,5-6,11-12H2,(H,20,23)/b9-7+. The van der Waals surface area contributed by atoms with Crippen LogP contribution >= 0.6 is 11.6 Å². The first kappa shape index (κ1) is 16.5. The molecule has 1 fully saturated rings. The highest BCUT2D eigenvalue weighted by molar-refractivity contribution is 6.32. The van der Waals surface area contributed by atoms with Gasteiger partial charge in [0, 0.05) is 29.6 Å². The van der Waals surface area contributed by atoms with Gasteiger partial charge in [-0.15, -0.1) is 0 Å². The monoisotopic (exact) mass is 343 g/mol. The van der Waals surface area contributed by atoms with E-state index in [-0.39, 0.29) is 11.5 Å². The third-order valence-corrected chi connectivity index (χ3v) is 4.17. The first-order valence-corrected chi connectivity index (χ1v) is 8.30. The molecule has 5 nitrogen and oxygen atoms in total. The summed E-state index contributed by atoms with van der Waals surface area (Å²) < 4.78 is 1.41. The van der Waals surface area contributed by atoms with Gasteiger partial charge in [0.15, 0.2) is 0 Å². The number of carbonyl (C=O) groups excluding carboxylic acids is 1. The van der Waals surface area contributed by atoms with E-state index in [1.54, 1.807) is 24.3 Å². The topological polar surface area (TPSA) is 64.0 Å². The lowest BCUT2D eigenvalue weighted by Gasteiger charge is -2.07. The number of nitrogens with one attached hydrogen (secondary N) is 1. The average Bonchev–Trinajstić information content (AvgIpc) is 3.41. The molecule has 0 aliphatic heterocycles. The molecule has 0 spiro atoms. The molecule has 24 heavy (non-hydrogen) atoms. The van der Waals surface area contributed by atoms with Crippen LogP contribution in [0.15, 0.2) is 47.3 Å². The summed E-state index contributed by atoms with van der Waals surface area (Å²) in [4.78, 5) is 23.6. The van der Waals surface area contributed by atoms with E-state index in [1.165, 1.54) is 10.8 Å². The molecular formula is C18H18ClN3O2.